The van der Waals surface area contributed by atoms with Gasteiger partial charge in [0.05, 0.1) is 11.1 Å². The molecule has 2 aromatic rings. The third-order valence-electron chi connectivity index (χ3n) is 5.93. The molecule has 0 radical (unpaired) electrons. The van der Waals surface area contributed by atoms with Gasteiger partial charge in [-0.3, -0.25) is 10.2 Å². The highest BCUT2D eigenvalue weighted by Gasteiger charge is 2.45. The predicted molar refractivity (Wildman–Crippen MR) is 124 cm³/mol. The van der Waals surface area contributed by atoms with Crippen molar-refractivity contribution in [3.05, 3.63) is 70.8 Å². The van der Waals surface area contributed by atoms with E-state index in [1.165, 1.54) is 9.80 Å². The van der Waals surface area contributed by atoms with Crippen LogP contribution in [0.2, 0.25) is 0 Å². The molecule has 0 aliphatic carbocycles. The summed E-state index contributed by atoms with van der Waals surface area (Å²) in [6.45, 7) is 3.65. The number of rotatable bonds is 6. The summed E-state index contributed by atoms with van der Waals surface area (Å²) in [5.41, 5.74) is 2.76. The van der Waals surface area contributed by atoms with E-state index in [2.05, 4.69) is 5.32 Å². The molecule has 2 aliphatic heterocycles. The van der Waals surface area contributed by atoms with Gasteiger partial charge in [0, 0.05) is 13.5 Å². The van der Waals surface area contributed by atoms with Gasteiger partial charge in [-0.05, 0) is 38.1 Å². The van der Waals surface area contributed by atoms with Gasteiger partial charge in [0.2, 0.25) is 0 Å². The second-order valence-corrected chi connectivity index (χ2v) is 8.68. The van der Waals surface area contributed by atoms with Crippen LogP contribution in [-0.2, 0) is 14.2 Å². The second-order valence-electron chi connectivity index (χ2n) is 8.68. The van der Waals surface area contributed by atoms with Gasteiger partial charge in [-0.15, -0.1) is 0 Å². The number of imide groups is 1. The Morgan fingerprint density at radius 3 is 2.11 bits per heavy atom. The van der Waals surface area contributed by atoms with Crippen LogP contribution in [0, 0.1) is 13.8 Å². The van der Waals surface area contributed by atoms with Crippen LogP contribution in [0.1, 0.15) is 38.3 Å². The summed E-state index contributed by atoms with van der Waals surface area (Å²) in [4.78, 5) is 52.1. The average Bonchev–Trinajstić information content (AvgIpc) is 3.22. The van der Waals surface area contributed by atoms with E-state index in [4.69, 9.17) is 14.2 Å². The van der Waals surface area contributed by atoms with Crippen molar-refractivity contribution in [1.29, 1.82) is 0 Å². The number of aryl methyl sites for hydroxylation is 2. The number of benzene rings is 2. The molecule has 0 unspecified atom stereocenters. The number of hydrogen-bond acceptors (Lipinski definition) is 7. The minimum absolute atomic E-state index is 0.00381. The van der Waals surface area contributed by atoms with Crippen LogP contribution < -0.4 is 5.32 Å². The topological polar surface area (TPSA) is 114 Å². The molecule has 4 amide bonds. The lowest BCUT2D eigenvalue weighted by atomic mass is 10.1. The van der Waals surface area contributed by atoms with Crippen molar-refractivity contribution < 1.29 is 33.4 Å². The van der Waals surface area contributed by atoms with Crippen molar-refractivity contribution in [2.45, 2.75) is 38.7 Å². The number of nitrogens with one attached hydrogen (secondary N) is 1. The SMILES string of the molecule is Cc1ccc(C(=O)OC[C@@H]2O[C@@H](N3CN(C)C(=O)NC3=O)C[C@H]2OC(=O)c2ccc(C)cc2)cc1. The maximum absolute atomic E-state index is 12.8. The summed E-state index contributed by atoms with van der Waals surface area (Å²) in [7, 11) is 1.54. The van der Waals surface area contributed by atoms with Gasteiger partial charge in [0.1, 0.15) is 31.7 Å². The standard InChI is InChI=1S/C25H27N3O7/c1-15-4-8-17(9-5-15)22(29)33-13-20-19(35-23(30)18-10-6-16(2)7-11-18)12-21(34-20)28-14-27(3)24(31)26-25(28)32/h4-11,19-21H,12-14H2,1-3H3,(H,26,31,32)/t19-,20+,21-/m1/s1. The summed E-state index contributed by atoms with van der Waals surface area (Å²) in [6, 6.07) is 12.7. The van der Waals surface area contributed by atoms with E-state index in [1.807, 2.05) is 13.8 Å². The van der Waals surface area contributed by atoms with Crippen molar-refractivity contribution in [1.82, 2.24) is 15.1 Å². The van der Waals surface area contributed by atoms with Gasteiger partial charge < -0.3 is 19.1 Å². The Kier molecular flexibility index (Phi) is 7.02. The predicted octanol–water partition coefficient (Wildman–Crippen LogP) is 2.84. The Labute approximate surface area is 202 Å². The molecule has 0 saturated carbocycles. The van der Waals surface area contributed by atoms with E-state index >= 15 is 0 Å². The largest absolute Gasteiger partial charge is 0.459 e. The molecule has 1 N–H and O–H groups in total. The first kappa shape index (κ1) is 24.2. The first-order valence-electron chi connectivity index (χ1n) is 11.2. The number of nitrogens with zero attached hydrogens (tertiary/aromatic N) is 2. The number of esters is 2. The number of ether oxygens (including phenoxy) is 3. The Hall–Kier alpha value is -3.92. The van der Waals surface area contributed by atoms with Crippen LogP contribution in [-0.4, -0.2) is 72.6 Å². The monoisotopic (exact) mass is 481 g/mol. The number of carbonyl (C=O) groups excluding carboxylic acids is 4. The molecule has 10 heteroatoms. The van der Waals surface area contributed by atoms with Crippen LogP contribution in [0.25, 0.3) is 0 Å². The zero-order valence-corrected chi connectivity index (χ0v) is 19.7. The summed E-state index contributed by atoms with van der Waals surface area (Å²) >= 11 is 0. The van der Waals surface area contributed by atoms with Crippen molar-refractivity contribution >= 4 is 24.0 Å². The fourth-order valence-electron chi connectivity index (χ4n) is 3.83. The van der Waals surface area contributed by atoms with E-state index < -0.39 is 42.4 Å². The minimum Gasteiger partial charge on any atom is -0.459 e. The Balaban J connectivity index is 1.47. The zero-order chi connectivity index (χ0) is 25.1. The first-order valence-corrected chi connectivity index (χ1v) is 11.2. The quantitative estimate of drug-likeness (QED) is 0.631. The number of carbonyl (C=O) groups is 4. The van der Waals surface area contributed by atoms with Crippen molar-refractivity contribution in [3.63, 3.8) is 0 Å². The summed E-state index contributed by atoms with van der Waals surface area (Å²) in [6.07, 6.45) is -2.22. The van der Waals surface area contributed by atoms with Crippen molar-refractivity contribution in [3.8, 4) is 0 Å². The third-order valence-corrected chi connectivity index (χ3v) is 5.93. The molecule has 3 atom stereocenters. The number of hydrogen-bond donors (Lipinski definition) is 1. The van der Waals surface area contributed by atoms with Crippen LogP contribution in [0.15, 0.2) is 48.5 Å². The molecule has 10 nitrogen and oxygen atoms in total. The number of urea groups is 2. The van der Waals surface area contributed by atoms with Crippen LogP contribution in [0.3, 0.4) is 0 Å². The van der Waals surface area contributed by atoms with Crippen molar-refractivity contribution in [2.24, 2.45) is 0 Å². The smallest absolute Gasteiger partial charge is 0.338 e. The fourth-order valence-corrected chi connectivity index (χ4v) is 3.83. The van der Waals surface area contributed by atoms with Gasteiger partial charge in [0.25, 0.3) is 0 Å². The highest BCUT2D eigenvalue weighted by Crippen LogP contribution is 2.28. The second kappa shape index (κ2) is 10.1. The van der Waals surface area contributed by atoms with E-state index in [0.717, 1.165) is 11.1 Å². The molecule has 2 saturated heterocycles. The molecule has 184 valence electrons. The summed E-state index contributed by atoms with van der Waals surface area (Å²) in [5, 5.41) is 2.23. The maximum Gasteiger partial charge on any atom is 0.338 e. The van der Waals surface area contributed by atoms with Gasteiger partial charge in [0.15, 0.2) is 0 Å². The molecule has 0 aromatic heterocycles. The molecule has 2 heterocycles. The molecule has 35 heavy (non-hydrogen) atoms. The van der Waals surface area contributed by atoms with Crippen LogP contribution in [0.5, 0.6) is 0 Å². The van der Waals surface area contributed by atoms with Gasteiger partial charge in [-0.2, -0.15) is 0 Å². The summed E-state index contributed by atoms with van der Waals surface area (Å²) in [5.74, 6) is -1.09. The van der Waals surface area contributed by atoms with E-state index in [1.54, 1.807) is 55.6 Å². The van der Waals surface area contributed by atoms with E-state index in [9.17, 15) is 19.2 Å². The van der Waals surface area contributed by atoms with E-state index in [-0.39, 0.29) is 19.7 Å². The highest BCUT2D eigenvalue weighted by molar-refractivity contribution is 5.95. The fraction of sp³-hybridized carbons (Fsp3) is 0.360. The Morgan fingerprint density at radius 1 is 0.943 bits per heavy atom. The van der Waals surface area contributed by atoms with Crippen LogP contribution in [0.4, 0.5) is 9.59 Å². The molecule has 4 rings (SSSR count). The van der Waals surface area contributed by atoms with E-state index in [0.29, 0.717) is 11.1 Å². The minimum atomic E-state index is -0.806. The molecule has 0 bridgehead atoms. The maximum atomic E-state index is 12.8. The lowest BCUT2D eigenvalue weighted by molar-refractivity contribution is -0.0793. The van der Waals surface area contributed by atoms with Gasteiger partial charge in [-0.25, -0.2) is 19.2 Å². The van der Waals surface area contributed by atoms with Crippen molar-refractivity contribution in [2.75, 3.05) is 20.3 Å². The molecule has 0 spiro atoms. The lowest BCUT2D eigenvalue weighted by Gasteiger charge is -2.36. The first-order chi connectivity index (χ1) is 16.7. The Bertz CT molecular complexity index is 1120. The molecule has 2 aliphatic rings. The highest BCUT2D eigenvalue weighted by atomic mass is 16.6. The Morgan fingerprint density at radius 2 is 1.51 bits per heavy atom. The van der Waals surface area contributed by atoms with Gasteiger partial charge in [-0.1, -0.05) is 35.4 Å². The molecular weight excluding hydrogens is 454 g/mol. The third kappa shape index (κ3) is 5.60. The normalized spacial score (nSPS) is 22.1. The molecular formula is C25H27N3O7. The van der Waals surface area contributed by atoms with Gasteiger partial charge >= 0.3 is 24.0 Å². The summed E-state index contributed by atoms with van der Waals surface area (Å²) < 4.78 is 17.2. The number of amides is 4. The molecule has 2 aromatic carbocycles. The molecule has 2 fully saturated rings. The zero-order valence-electron chi connectivity index (χ0n) is 19.7. The lowest BCUT2D eigenvalue weighted by Crippen LogP contribution is -2.60. The average molecular weight is 482 g/mol. The van der Waals surface area contributed by atoms with Crippen LogP contribution >= 0.6 is 0 Å².